The van der Waals surface area contributed by atoms with Gasteiger partial charge in [0.2, 0.25) is 11.8 Å². The highest BCUT2D eigenvalue weighted by molar-refractivity contribution is 7.99. The number of carbonyl (C=O) groups excluding carboxylic acids is 2. The van der Waals surface area contributed by atoms with E-state index in [1.807, 2.05) is 0 Å². The molecule has 0 spiro atoms. The van der Waals surface area contributed by atoms with Crippen LogP contribution in [0, 0.1) is 0 Å². The Labute approximate surface area is 123 Å². The van der Waals surface area contributed by atoms with Crippen LogP contribution in [0.3, 0.4) is 0 Å². The van der Waals surface area contributed by atoms with E-state index in [0.717, 1.165) is 0 Å². The monoisotopic (exact) mass is 315 g/mol. The third-order valence-corrected chi connectivity index (χ3v) is 4.64. The maximum atomic E-state index is 12.0. The Balaban J connectivity index is 1.91. The second kappa shape index (κ2) is 6.23. The molecule has 7 nitrogen and oxygen atoms in total. The molecular weight excluding hydrogens is 302 g/mol. The fourth-order valence-corrected chi connectivity index (χ4v) is 3.67. The lowest BCUT2D eigenvalue weighted by molar-refractivity contribution is -0.136. The number of aromatic nitrogens is 1. The molecule has 1 atom stereocenters. The quantitative estimate of drug-likeness (QED) is 0.833. The second-order valence-corrected chi connectivity index (χ2v) is 6.10. The number of amides is 2. The van der Waals surface area contributed by atoms with Crippen LogP contribution in [0.5, 0.6) is 0 Å². The number of thiazole rings is 1. The lowest BCUT2D eigenvalue weighted by atomic mass is 10.2. The Bertz CT molecular complexity index is 546. The molecule has 9 heteroatoms. The van der Waals surface area contributed by atoms with Crippen molar-refractivity contribution in [3.8, 4) is 0 Å². The van der Waals surface area contributed by atoms with Crippen LogP contribution in [0.25, 0.3) is 0 Å². The zero-order chi connectivity index (χ0) is 14.7. The van der Waals surface area contributed by atoms with Crippen LogP contribution in [0.15, 0.2) is 5.38 Å². The van der Waals surface area contributed by atoms with Crippen LogP contribution in [-0.4, -0.2) is 50.4 Å². The predicted octanol–water partition coefficient (Wildman–Crippen LogP) is 0.379. The second-order valence-electron chi connectivity index (χ2n) is 4.15. The van der Waals surface area contributed by atoms with Crippen LogP contribution < -0.4 is 5.32 Å². The highest BCUT2D eigenvalue weighted by Gasteiger charge is 2.32. The van der Waals surface area contributed by atoms with Gasteiger partial charge in [-0.3, -0.25) is 9.59 Å². The fraction of sp³-hybridized carbons (Fsp3) is 0.455. The van der Waals surface area contributed by atoms with E-state index in [9.17, 15) is 14.4 Å². The molecule has 0 aliphatic carbocycles. The minimum Gasteiger partial charge on any atom is -0.476 e. The van der Waals surface area contributed by atoms with E-state index in [1.165, 1.54) is 40.3 Å². The first kappa shape index (κ1) is 14.8. The van der Waals surface area contributed by atoms with E-state index >= 15 is 0 Å². The molecule has 1 aliphatic heterocycles. The molecule has 0 saturated carbocycles. The van der Waals surface area contributed by atoms with Gasteiger partial charge in [-0.1, -0.05) is 0 Å². The molecular formula is C11H13N3O4S2. The normalized spacial score (nSPS) is 18.1. The standard InChI is InChI=1S/C11H13N3O4S2/c1-6(15)14-5-19-4-8(14)10(16)12-2-9-13-7(3-20-9)11(17)18/h3,8H,2,4-5H2,1H3,(H,12,16)(H,17,18)/t8-/m1/s1. The highest BCUT2D eigenvalue weighted by Crippen LogP contribution is 2.21. The molecule has 2 N–H and O–H groups in total. The molecule has 0 radical (unpaired) electrons. The van der Waals surface area contributed by atoms with E-state index < -0.39 is 12.0 Å². The van der Waals surface area contributed by atoms with E-state index in [-0.39, 0.29) is 24.1 Å². The summed E-state index contributed by atoms with van der Waals surface area (Å²) in [7, 11) is 0. The maximum absolute atomic E-state index is 12.0. The van der Waals surface area contributed by atoms with Crippen LogP contribution in [0.2, 0.25) is 0 Å². The Kier molecular flexibility index (Phi) is 4.61. The first-order valence-electron chi connectivity index (χ1n) is 5.79. The van der Waals surface area contributed by atoms with Crippen molar-refractivity contribution in [1.82, 2.24) is 15.2 Å². The summed E-state index contributed by atoms with van der Waals surface area (Å²) in [6, 6.07) is -0.462. The van der Waals surface area contributed by atoms with Crippen molar-refractivity contribution in [2.24, 2.45) is 0 Å². The number of nitrogens with zero attached hydrogens (tertiary/aromatic N) is 2. The summed E-state index contributed by atoms with van der Waals surface area (Å²) in [5.74, 6) is -0.360. The average molecular weight is 315 g/mol. The number of carboxylic acid groups (broad SMARTS) is 1. The lowest BCUT2D eigenvalue weighted by Crippen LogP contribution is -2.46. The highest BCUT2D eigenvalue weighted by atomic mass is 32.2. The molecule has 2 heterocycles. The van der Waals surface area contributed by atoms with Gasteiger partial charge in [0, 0.05) is 18.1 Å². The SMILES string of the molecule is CC(=O)N1CSC[C@@H]1C(=O)NCc1nc(C(=O)O)cs1. The van der Waals surface area contributed by atoms with Crippen LogP contribution in [-0.2, 0) is 16.1 Å². The zero-order valence-electron chi connectivity index (χ0n) is 10.7. The molecule has 2 amide bonds. The number of hydrogen-bond acceptors (Lipinski definition) is 6. The topological polar surface area (TPSA) is 99.6 Å². The third kappa shape index (κ3) is 3.28. The number of thioether (sulfide) groups is 1. The largest absolute Gasteiger partial charge is 0.476 e. The molecule has 0 aromatic carbocycles. The summed E-state index contributed by atoms with van der Waals surface area (Å²) >= 11 is 2.71. The van der Waals surface area contributed by atoms with Crippen molar-refractivity contribution >= 4 is 40.9 Å². The first-order valence-corrected chi connectivity index (χ1v) is 7.83. The van der Waals surface area contributed by atoms with Gasteiger partial charge < -0.3 is 15.3 Å². The van der Waals surface area contributed by atoms with Crippen molar-refractivity contribution in [1.29, 1.82) is 0 Å². The van der Waals surface area contributed by atoms with Crippen LogP contribution in [0.4, 0.5) is 0 Å². The lowest BCUT2D eigenvalue weighted by Gasteiger charge is -2.21. The summed E-state index contributed by atoms with van der Waals surface area (Å²) in [5.41, 5.74) is -0.0268. The molecule has 1 aromatic heterocycles. The van der Waals surface area contributed by atoms with Gasteiger partial charge in [-0.05, 0) is 0 Å². The van der Waals surface area contributed by atoms with Crippen molar-refractivity contribution in [2.45, 2.75) is 19.5 Å². The Hall–Kier alpha value is -1.61. The predicted molar refractivity (Wildman–Crippen MR) is 74.6 cm³/mol. The molecule has 108 valence electrons. The molecule has 1 aromatic rings. The minimum absolute atomic E-state index is 0.0268. The Morgan fingerprint density at radius 3 is 2.90 bits per heavy atom. The minimum atomic E-state index is -1.09. The molecule has 0 unspecified atom stereocenters. The van der Waals surface area contributed by atoms with Gasteiger partial charge in [0.15, 0.2) is 5.69 Å². The molecule has 1 saturated heterocycles. The zero-order valence-corrected chi connectivity index (χ0v) is 12.3. The van der Waals surface area contributed by atoms with E-state index in [0.29, 0.717) is 16.6 Å². The summed E-state index contributed by atoms with van der Waals surface area (Å²) in [4.78, 5) is 39.5. The maximum Gasteiger partial charge on any atom is 0.355 e. The van der Waals surface area contributed by atoms with Crippen molar-refractivity contribution in [3.05, 3.63) is 16.1 Å². The van der Waals surface area contributed by atoms with E-state index in [4.69, 9.17) is 5.11 Å². The Morgan fingerprint density at radius 1 is 1.55 bits per heavy atom. The summed E-state index contributed by atoms with van der Waals surface area (Å²) < 4.78 is 0. The summed E-state index contributed by atoms with van der Waals surface area (Å²) in [5, 5.41) is 13.4. The average Bonchev–Trinajstić information content (AvgIpc) is 3.04. The van der Waals surface area contributed by atoms with E-state index in [2.05, 4.69) is 10.3 Å². The molecule has 20 heavy (non-hydrogen) atoms. The van der Waals surface area contributed by atoms with Crippen molar-refractivity contribution in [2.75, 3.05) is 11.6 Å². The van der Waals surface area contributed by atoms with Gasteiger partial charge in [-0.2, -0.15) is 0 Å². The van der Waals surface area contributed by atoms with Gasteiger partial charge >= 0.3 is 5.97 Å². The number of rotatable bonds is 4. The van der Waals surface area contributed by atoms with Crippen molar-refractivity contribution < 1.29 is 19.5 Å². The molecule has 1 fully saturated rings. The fourth-order valence-electron chi connectivity index (χ4n) is 1.74. The van der Waals surface area contributed by atoms with Gasteiger partial charge in [0.05, 0.1) is 12.4 Å². The molecule has 0 bridgehead atoms. The first-order chi connectivity index (χ1) is 9.49. The third-order valence-electron chi connectivity index (χ3n) is 2.77. The van der Waals surface area contributed by atoms with E-state index in [1.54, 1.807) is 0 Å². The number of carboxylic acids is 1. The van der Waals surface area contributed by atoms with Gasteiger partial charge in [-0.15, -0.1) is 23.1 Å². The number of nitrogens with one attached hydrogen (secondary N) is 1. The van der Waals surface area contributed by atoms with Crippen LogP contribution >= 0.6 is 23.1 Å². The molecule has 2 rings (SSSR count). The van der Waals surface area contributed by atoms with Crippen molar-refractivity contribution in [3.63, 3.8) is 0 Å². The van der Waals surface area contributed by atoms with Crippen LogP contribution in [0.1, 0.15) is 22.4 Å². The smallest absolute Gasteiger partial charge is 0.355 e. The Morgan fingerprint density at radius 2 is 2.30 bits per heavy atom. The van der Waals surface area contributed by atoms with Gasteiger partial charge in [0.25, 0.3) is 0 Å². The number of hydrogen-bond donors (Lipinski definition) is 2. The summed E-state index contributed by atoms with van der Waals surface area (Å²) in [6.07, 6.45) is 0. The molecule has 1 aliphatic rings. The number of carbonyl (C=O) groups is 3. The van der Waals surface area contributed by atoms with Gasteiger partial charge in [-0.25, -0.2) is 9.78 Å². The summed E-state index contributed by atoms with van der Waals surface area (Å²) in [6.45, 7) is 1.61. The number of aromatic carboxylic acids is 1. The van der Waals surface area contributed by atoms with Gasteiger partial charge in [0.1, 0.15) is 11.0 Å².